The predicted octanol–water partition coefficient (Wildman–Crippen LogP) is 1.93. The highest BCUT2D eigenvalue weighted by atomic mass is 16.6. The van der Waals surface area contributed by atoms with Crippen molar-refractivity contribution in [1.82, 2.24) is 15.2 Å². The molecule has 0 unspecified atom stereocenters. The number of hydrogen-bond donors (Lipinski definition) is 1. The molecule has 2 amide bonds. The Morgan fingerprint density at radius 2 is 2.04 bits per heavy atom. The molecular weight excluding hydrogens is 294 g/mol. The molecule has 1 aliphatic heterocycles. The van der Waals surface area contributed by atoms with E-state index in [2.05, 4.69) is 10.3 Å². The summed E-state index contributed by atoms with van der Waals surface area (Å²) in [4.78, 5) is 29.2. The molecule has 1 aromatic carbocycles. The number of amides is 2. The van der Waals surface area contributed by atoms with Gasteiger partial charge in [-0.3, -0.25) is 9.78 Å². The number of rotatable bonds is 5. The first-order valence-corrected chi connectivity index (χ1v) is 7.45. The lowest BCUT2D eigenvalue weighted by atomic mass is 10.1. The van der Waals surface area contributed by atoms with Crippen LogP contribution < -0.4 is 5.32 Å². The van der Waals surface area contributed by atoms with Crippen LogP contribution in [0.2, 0.25) is 0 Å². The molecule has 0 bridgehead atoms. The fourth-order valence-electron chi connectivity index (χ4n) is 2.34. The monoisotopic (exact) mass is 311 g/mol. The van der Waals surface area contributed by atoms with E-state index in [-0.39, 0.29) is 12.0 Å². The van der Waals surface area contributed by atoms with Crippen LogP contribution in [0.4, 0.5) is 4.79 Å². The minimum Gasteiger partial charge on any atom is -0.448 e. The van der Waals surface area contributed by atoms with Crippen LogP contribution in [0, 0.1) is 0 Å². The van der Waals surface area contributed by atoms with E-state index in [4.69, 9.17) is 4.74 Å². The number of aromatic nitrogens is 1. The zero-order valence-corrected chi connectivity index (χ0v) is 12.6. The smallest absolute Gasteiger partial charge is 0.409 e. The SMILES string of the molecule is O=C(NCCN1CCOC1=O)c1ccc(-c2ccccc2)nc1. The molecule has 0 spiro atoms. The highest BCUT2D eigenvalue weighted by Gasteiger charge is 2.21. The van der Waals surface area contributed by atoms with E-state index in [0.29, 0.717) is 31.8 Å². The van der Waals surface area contributed by atoms with Gasteiger partial charge in [0.2, 0.25) is 0 Å². The van der Waals surface area contributed by atoms with Crippen LogP contribution in [0.3, 0.4) is 0 Å². The normalized spacial score (nSPS) is 13.7. The van der Waals surface area contributed by atoms with Crippen molar-refractivity contribution >= 4 is 12.0 Å². The van der Waals surface area contributed by atoms with Crippen molar-refractivity contribution in [1.29, 1.82) is 0 Å². The summed E-state index contributed by atoms with van der Waals surface area (Å²) in [6.45, 7) is 1.81. The molecule has 0 saturated carbocycles. The molecule has 23 heavy (non-hydrogen) atoms. The Bertz CT molecular complexity index is 686. The lowest BCUT2D eigenvalue weighted by molar-refractivity contribution is 0.0948. The van der Waals surface area contributed by atoms with Crippen molar-refractivity contribution in [2.24, 2.45) is 0 Å². The number of nitrogens with zero attached hydrogens (tertiary/aromatic N) is 2. The topological polar surface area (TPSA) is 71.5 Å². The molecule has 1 fully saturated rings. The van der Waals surface area contributed by atoms with Crippen LogP contribution >= 0.6 is 0 Å². The van der Waals surface area contributed by atoms with Gasteiger partial charge in [0.15, 0.2) is 0 Å². The van der Waals surface area contributed by atoms with Crippen molar-refractivity contribution in [3.63, 3.8) is 0 Å². The zero-order chi connectivity index (χ0) is 16.1. The summed E-state index contributed by atoms with van der Waals surface area (Å²) >= 11 is 0. The summed E-state index contributed by atoms with van der Waals surface area (Å²) in [7, 11) is 0. The maximum atomic E-state index is 12.1. The Kier molecular flexibility index (Phi) is 4.52. The number of carbonyl (C=O) groups excluding carboxylic acids is 2. The van der Waals surface area contributed by atoms with Crippen LogP contribution in [0.5, 0.6) is 0 Å². The maximum absolute atomic E-state index is 12.1. The van der Waals surface area contributed by atoms with Gasteiger partial charge in [0.05, 0.1) is 17.8 Å². The van der Waals surface area contributed by atoms with Crippen LogP contribution in [0.1, 0.15) is 10.4 Å². The second kappa shape index (κ2) is 6.91. The molecule has 6 nitrogen and oxygen atoms in total. The first kappa shape index (κ1) is 15.0. The maximum Gasteiger partial charge on any atom is 0.409 e. The van der Waals surface area contributed by atoms with Gasteiger partial charge in [-0.1, -0.05) is 30.3 Å². The Morgan fingerprint density at radius 3 is 2.70 bits per heavy atom. The van der Waals surface area contributed by atoms with Crippen molar-refractivity contribution < 1.29 is 14.3 Å². The second-order valence-electron chi connectivity index (χ2n) is 5.16. The molecule has 6 heteroatoms. The van der Waals surface area contributed by atoms with Crippen molar-refractivity contribution in [3.05, 3.63) is 54.2 Å². The van der Waals surface area contributed by atoms with Crippen molar-refractivity contribution in [2.45, 2.75) is 0 Å². The van der Waals surface area contributed by atoms with Crippen LogP contribution in [-0.2, 0) is 4.74 Å². The third-order valence-corrected chi connectivity index (χ3v) is 3.61. The van der Waals surface area contributed by atoms with Crippen LogP contribution in [0.25, 0.3) is 11.3 Å². The number of ether oxygens (including phenoxy) is 1. The summed E-state index contributed by atoms with van der Waals surface area (Å²) in [6, 6.07) is 13.3. The van der Waals surface area contributed by atoms with Gasteiger partial charge >= 0.3 is 6.09 Å². The molecule has 0 atom stereocenters. The summed E-state index contributed by atoms with van der Waals surface area (Å²) in [6.07, 6.45) is 1.23. The Labute approximate surface area is 134 Å². The number of pyridine rings is 1. The Hall–Kier alpha value is -2.89. The van der Waals surface area contributed by atoms with E-state index in [1.54, 1.807) is 17.2 Å². The molecule has 1 N–H and O–H groups in total. The van der Waals surface area contributed by atoms with Crippen LogP contribution in [0.15, 0.2) is 48.7 Å². The lowest BCUT2D eigenvalue weighted by Gasteiger charge is -2.12. The highest BCUT2D eigenvalue weighted by molar-refractivity contribution is 5.94. The van der Waals surface area contributed by atoms with Gasteiger partial charge in [-0.05, 0) is 12.1 Å². The zero-order valence-electron chi connectivity index (χ0n) is 12.6. The molecular formula is C17H17N3O3. The summed E-state index contributed by atoms with van der Waals surface area (Å²) in [5.74, 6) is -0.204. The minimum absolute atomic E-state index is 0.204. The molecule has 2 heterocycles. The lowest BCUT2D eigenvalue weighted by Crippen LogP contribution is -2.35. The fourth-order valence-corrected chi connectivity index (χ4v) is 2.34. The molecule has 1 aromatic heterocycles. The van der Waals surface area contributed by atoms with Gasteiger partial charge in [0.25, 0.3) is 5.91 Å². The average Bonchev–Trinajstić information content (AvgIpc) is 3.01. The van der Waals surface area contributed by atoms with E-state index in [9.17, 15) is 9.59 Å². The van der Waals surface area contributed by atoms with Gasteiger partial charge in [-0.2, -0.15) is 0 Å². The second-order valence-corrected chi connectivity index (χ2v) is 5.16. The van der Waals surface area contributed by atoms with Crippen molar-refractivity contribution in [2.75, 3.05) is 26.2 Å². The first-order chi connectivity index (χ1) is 11.2. The standard InChI is InChI=1S/C17H17N3O3/c21-16(18-8-9-20-10-11-23-17(20)22)14-6-7-15(19-12-14)13-4-2-1-3-5-13/h1-7,12H,8-11H2,(H,18,21). The number of benzene rings is 1. The third kappa shape index (κ3) is 3.66. The number of carbonyl (C=O) groups is 2. The average molecular weight is 311 g/mol. The molecule has 2 aromatic rings. The Balaban J connectivity index is 1.54. The van der Waals surface area contributed by atoms with Gasteiger partial charge < -0.3 is 15.0 Å². The number of cyclic esters (lactones) is 1. The fraction of sp³-hybridized carbons (Fsp3) is 0.235. The largest absolute Gasteiger partial charge is 0.448 e. The summed E-state index contributed by atoms with van der Waals surface area (Å²) in [5.41, 5.74) is 2.32. The first-order valence-electron chi connectivity index (χ1n) is 7.45. The third-order valence-electron chi connectivity index (χ3n) is 3.61. The minimum atomic E-state index is -0.326. The summed E-state index contributed by atoms with van der Waals surface area (Å²) in [5, 5.41) is 2.78. The molecule has 0 aliphatic carbocycles. The number of hydrogen-bond acceptors (Lipinski definition) is 4. The highest BCUT2D eigenvalue weighted by Crippen LogP contribution is 2.16. The van der Waals surface area contributed by atoms with Gasteiger partial charge in [0, 0.05) is 24.8 Å². The quantitative estimate of drug-likeness (QED) is 0.916. The molecule has 1 saturated heterocycles. The van der Waals surface area contributed by atoms with Gasteiger partial charge in [0.1, 0.15) is 6.61 Å². The molecule has 118 valence electrons. The van der Waals surface area contributed by atoms with E-state index in [0.717, 1.165) is 11.3 Å². The van der Waals surface area contributed by atoms with E-state index >= 15 is 0 Å². The van der Waals surface area contributed by atoms with Gasteiger partial charge in [-0.15, -0.1) is 0 Å². The molecule has 3 rings (SSSR count). The predicted molar refractivity (Wildman–Crippen MR) is 84.9 cm³/mol. The molecule has 0 radical (unpaired) electrons. The Morgan fingerprint density at radius 1 is 1.22 bits per heavy atom. The number of nitrogens with one attached hydrogen (secondary N) is 1. The van der Waals surface area contributed by atoms with Crippen molar-refractivity contribution in [3.8, 4) is 11.3 Å². The summed E-state index contributed by atoms with van der Waals surface area (Å²) < 4.78 is 4.83. The van der Waals surface area contributed by atoms with Gasteiger partial charge in [-0.25, -0.2) is 4.79 Å². The van der Waals surface area contributed by atoms with E-state index in [1.807, 2.05) is 36.4 Å². The van der Waals surface area contributed by atoms with E-state index < -0.39 is 0 Å². The molecule has 1 aliphatic rings. The van der Waals surface area contributed by atoms with Crippen LogP contribution in [-0.4, -0.2) is 48.1 Å². The van der Waals surface area contributed by atoms with E-state index in [1.165, 1.54) is 0 Å².